The van der Waals surface area contributed by atoms with Crippen LogP contribution < -0.4 is 5.73 Å². The van der Waals surface area contributed by atoms with Gasteiger partial charge in [-0.25, -0.2) is 0 Å². The Morgan fingerprint density at radius 3 is 2.67 bits per heavy atom. The predicted molar refractivity (Wildman–Crippen MR) is 51.4 cm³/mol. The van der Waals surface area contributed by atoms with Crippen molar-refractivity contribution in [1.82, 2.24) is 10.2 Å². The lowest BCUT2D eigenvalue weighted by atomic mass is 10.2. The van der Waals surface area contributed by atoms with Crippen molar-refractivity contribution in [2.24, 2.45) is 5.73 Å². The summed E-state index contributed by atoms with van der Waals surface area (Å²) in [6.45, 7) is 5.00. The van der Waals surface area contributed by atoms with Gasteiger partial charge in [-0.15, -0.1) is 21.5 Å². The molecule has 0 radical (unpaired) electrons. The summed E-state index contributed by atoms with van der Waals surface area (Å²) in [4.78, 5) is 0. The van der Waals surface area contributed by atoms with Crippen molar-refractivity contribution in [3.63, 3.8) is 0 Å². The van der Waals surface area contributed by atoms with Gasteiger partial charge in [0, 0.05) is 12.3 Å². The normalized spacial score (nSPS) is 11.0. The minimum absolute atomic E-state index is 0.495. The molecule has 0 spiro atoms. The van der Waals surface area contributed by atoms with Crippen LogP contribution in [0.1, 0.15) is 36.2 Å². The first-order valence-electron chi connectivity index (χ1n) is 4.26. The van der Waals surface area contributed by atoms with Crippen molar-refractivity contribution < 1.29 is 0 Å². The van der Waals surface area contributed by atoms with Crippen LogP contribution in [0.3, 0.4) is 0 Å². The molecule has 0 saturated carbocycles. The van der Waals surface area contributed by atoms with E-state index in [4.69, 9.17) is 5.73 Å². The fourth-order valence-corrected chi connectivity index (χ4v) is 1.74. The van der Waals surface area contributed by atoms with Crippen LogP contribution in [-0.2, 0) is 6.42 Å². The smallest absolute Gasteiger partial charge is 0.119 e. The third-order valence-electron chi connectivity index (χ3n) is 1.57. The molecule has 68 valence electrons. The Labute approximate surface area is 77.0 Å². The molecule has 0 aromatic carbocycles. The van der Waals surface area contributed by atoms with Gasteiger partial charge in [0.1, 0.15) is 10.0 Å². The number of aryl methyl sites for hydroxylation is 1. The van der Waals surface area contributed by atoms with Crippen LogP contribution in [0.15, 0.2) is 0 Å². The zero-order valence-electron chi connectivity index (χ0n) is 7.58. The van der Waals surface area contributed by atoms with Gasteiger partial charge in [-0.2, -0.15) is 0 Å². The van der Waals surface area contributed by atoms with Gasteiger partial charge in [0.2, 0.25) is 0 Å². The number of rotatable bonds is 4. The molecule has 0 fully saturated rings. The van der Waals surface area contributed by atoms with Crippen molar-refractivity contribution in [3.05, 3.63) is 10.0 Å². The summed E-state index contributed by atoms with van der Waals surface area (Å²) in [5.41, 5.74) is 5.40. The highest BCUT2D eigenvalue weighted by molar-refractivity contribution is 7.11. The topological polar surface area (TPSA) is 51.8 Å². The maximum atomic E-state index is 5.40. The maximum Gasteiger partial charge on any atom is 0.119 e. The lowest BCUT2D eigenvalue weighted by molar-refractivity contribution is 0.791. The average Bonchev–Trinajstić information content (AvgIpc) is 2.48. The maximum absolute atomic E-state index is 5.40. The summed E-state index contributed by atoms with van der Waals surface area (Å²) < 4.78 is 0. The van der Waals surface area contributed by atoms with Crippen molar-refractivity contribution in [2.75, 3.05) is 6.54 Å². The van der Waals surface area contributed by atoms with Gasteiger partial charge in [-0.3, -0.25) is 0 Å². The molecule has 1 aromatic heterocycles. The lowest BCUT2D eigenvalue weighted by Crippen LogP contribution is -1.99. The third kappa shape index (κ3) is 2.53. The fourth-order valence-electron chi connectivity index (χ4n) is 0.854. The molecule has 0 bridgehead atoms. The number of hydrogen-bond donors (Lipinski definition) is 1. The van der Waals surface area contributed by atoms with E-state index in [1.54, 1.807) is 11.3 Å². The number of nitrogens with zero attached hydrogens (tertiary/aromatic N) is 2. The number of aromatic nitrogens is 2. The molecular formula is C8H15N3S. The first-order valence-corrected chi connectivity index (χ1v) is 5.08. The molecule has 0 aliphatic heterocycles. The van der Waals surface area contributed by atoms with E-state index in [0.29, 0.717) is 5.92 Å². The molecule has 12 heavy (non-hydrogen) atoms. The molecule has 3 nitrogen and oxygen atoms in total. The van der Waals surface area contributed by atoms with Gasteiger partial charge in [0.25, 0.3) is 0 Å². The molecule has 0 aliphatic rings. The largest absolute Gasteiger partial charge is 0.330 e. The minimum Gasteiger partial charge on any atom is -0.330 e. The van der Waals surface area contributed by atoms with Crippen LogP contribution >= 0.6 is 11.3 Å². The second-order valence-electron chi connectivity index (χ2n) is 3.08. The van der Waals surface area contributed by atoms with E-state index in [0.717, 1.165) is 29.4 Å². The van der Waals surface area contributed by atoms with Gasteiger partial charge < -0.3 is 5.73 Å². The Hall–Kier alpha value is -0.480. The Kier molecular flexibility index (Phi) is 3.62. The molecule has 1 heterocycles. The summed E-state index contributed by atoms with van der Waals surface area (Å²) in [7, 11) is 0. The van der Waals surface area contributed by atoms with Gasteiger partial charge in [0.05, 0.1) is 0 Å². The summed E-state index contributed by atoms with van der Waals surface area (Å²) in [5.74, 6) is 0.495. The first kappa shape index (κ1) is 9.61. The van der Waals surface area contributed by atoms with Crippen LogP contribution in [0, 0.1) is 0 Å². The molecule has 0 atom stereocenters. The summed E-state index contributed by atoms with van der Waals surface area (Å²) in [6.07, 6.45) is 1.98. The lowest BCUT2D eigenvalue weighted by Gasteiger charge is -1.93. The number of hydrogen-bond acceptors (Lipinski definition) is 4. The Morgan fingerprint density at radius 1 is 1.42 bits per heavy atom. The quantitative estimate of drug-likeness (QED) is 0.774. The summed E-state index contributed by atoms with van der Waals surface area (Å²) >= 11 is 1.70. The SMILES string of the molecule is CC(C)c1nnc(CCCN)s1. The highest BCUT2D eigenvalue weighted by atomic mass is 32.1. The van der Waals surface area contributed by atoms with E-state index in [2.05, 4.69) is 24.0 Å². The van der Waals surface area contributed by atoms with Crippen LogP contribution in [-0.4, -0.2) is 16.7 Å². The van der Waals surface area contributed by atoms with Crippen LogP contribution in [0.5, 0.6) is 0 Å². The van der Waals surface area contributed by atoms with E-state index < -0.39 is 0 Å². The van der Waals surface area contributed by atoms with Crippen molar-refractivity contribution in [1.29, 1.82) is 0 Å². The van der Waals surface area contributed by atoms with Crippen LogP contribution in [0.25, 0.3) is 0 Å². The second-order valence-corrected chi connectivity index (χ2v) is 4.17. The highest BCUT2D eigenvalue weighted by Crippen LogP contribution is 2.19. The average molecular weight is 185 g/mol. The molecule has 0 unspecified atom stereocenters. The zero-order valence-corrected chi connectivity index (χ0v) is 8.40. The zero-order chi connectivity index (χ0) is 8.97. The number of nitrogens with two attached hydrogens (primary N) is 1. The van der Waals surface area contributed by atoms with Crippen LogP contribution in [0.2, 0.25) is 0 Å². The molecule has 4 heteroatoms. The van der Waals surface area contributed by atoms with Gasteiger partial charge >= 0.3 is 0 Å². The molecule has 1 rings (SSSR count). The Balaban J connectivity index is 2.52. The molecule has 0 amide bonds. The molecule has 0 aliphatic carbocycles. The van der Waals surface area contributed by atoms with E-state index >= 15 is 0 Å². The molecular weight excluding hydrogens is 170 g/mol. The van der Waals surface area contributed by atoms with Gasteiger partial charge in [-0.05, 0) is 13.0 Å². The Bertz CT molecular complexity index is 232. The van der Waals surface area contributed by atoms with E-state index in [1.807, 2.05) is 0 Å². The van der Waals surface area contributed by atoms with Gasteiger partial charge in [-0.1, -0.05) is 13.8 Å². The first-order chi connectivity index (χ1) is 5.74. The highest BCUT2D eigenvalue weighted by Gasteiger charge is 2.06. The summed E-state index contributed by atoms with van der Waals surface area (Å²) in [5, 5.41) is 10.4. The van der Waals surface area contributed by atoms with Crippen molar-refractivity contribution in [2.45, 2.75) is 32.6 Å². The summed E-state index contributed by atoms with van der Waals surface area (Å²) in [6, 6.07) is 0. The molecule has 1 aromatic rings. The Morgan fingerprint density at radius 2 is 2.17 bits per heavy atom. The molecule has 2 N–H and O–H groups in total. The fraction of sp³-hybridized carbons (Fsp3) is 0.750. The standard InChI is InChI=1S/C8H15N3S/c1-6(2)8-11-10-7(12-8)4-3-5-9/h6H,3-5,9H2,1-2H3. The predicted octanol–water partition coefficient (Wildman–Crippen LogP) is 1.55. The van der Waals surface area contributed by atoms with Gasteiger partial charge in [0.15, 0.2) is 0 Å². The molecule has 0 saturated heterocycles. The second kappa shape index (κ2) is 4.52. The monoisotopic (exact) mass is 185 g/mol. The minimum atomic E-state index is 0.495. The third-order valence-corrected chi connectivity index (χ3v) is 2.85. The van der Waals surface area contributed by atoms with Crippen molar-refractivity contribution in [3.8, 4) is 0 Å². The van der Waals surface area contributed by atoms with E-state index in [-0.39, 0.29) is 0 Å². The van der Waals surface area contributed by atoms with Crippen molar-refractivity contribution >= 4 is 11.3 Å². The van der Waals surface area contributed by atoms with Crippen LogP contribution in [0.4, 0.5) is 0 Å². The van der Waals surface area contributed by atoms with E-state index in [1.165, 1.54) is 0 Å². The van der Waals surface area contributed by atoms with E-state index in [9.17, 15) is 0 Å².